The average molecular weight is 175 g/mol. The molecule has 1 unspecified atom stereocenters. The van der Waals surface area contributed by atoms with E-state index in [0.29, 0.717) is 5.92 Å². The number of hydrogen-bond donors (Lipinski definition) is 0. The first kappa shape index (κ1) is 8.30. The minimum Gasteiger partial charge on any atom is -0.399 e. The molecule has 0 aliphatic heterocycles. The zero-order chi connectivity index (χ0) is 9.26. The third-order valence-corrected chi connectivity index (χ3v) is 2.50. The highest BCUT2D eigenvalue weighted by atomic mass is 16.6. The highest BCUT2D eigenvalue weighted by Crippen LogP contribution is 2.32. The fraction of sp³-hybridized carbons (Fsp3) is 0.364. The molecule has 0 N–H and O–H groups in total. The van der Waals surface area contributed by atoms with Crippen LogP contribution >= 0.6 is 0 Å². The first-order chi connectivity index (χ1) is 6.33. The molecule has 0 saturated carbocycles. The zero-order valence-electron chi connectivity index (χ0n) is 7.95. The fourth-order valence-corrected chi connectivity index (χ4v) is 1.90. The lowest BCUT2D eigenvalue weighted by atomic mass is 10.0. The smallest absolute Gasteiger partial charge is 0.106 e. The fourth-order valence-electron chi connectivity index (χ4n) is 1.90. The van der Waals surface area contributed by atoms with Gasteiger partial charge in [0.1, 0.15) is 7.11 Å². The molecule has 0 fully saturated rings. The summed E-state index contributed by atoms with van der Waals surface area (Å²) in [6.07, 6.45) is 0.993. The van der Waals surface area contributed by atoms with Crippen molar-refractivity contribution in [3.05, 3.63) is 35.4 Å². The molecule has 1 aliphatic carbocycles. The van der Waals surface area contributed by atoms with Crippen LogP contribution in [0.5, 0.6) is 0 Å². The number of rotatable bonds is 1. The molecular weight excluding hydrogens is 162 g/mol. The molecule has 0 saturated heterocycles. The average Bonchev–Trinajstić information content (AvgIpc) is 2.46. The topological polar surface area (TPSA) is 21.6 Å². The van der Waals surface area contributed by atoms with Crippen molar-refractivity contribution in [2.75, 3.05) is 7.11 Å². The molecule has 2 rings (SSSR count). The van der Waals surface area contributed by atoms with Gasteiger partial charge >= 0.3 is 0 Å². The molecule has 0 amide bonds. The molecular formula is C11H13NO. The van der Waals surface area contributed by atoms with Gasteiger partial charge in [-0.2, -0.15) is 0 Å². The monoisotopic (exact) mass is 175 g/mol. The third kappa shape index (κ3) is 1.32. The summed E-state index contributed by atoms with van der Waals surface area (Å²) in [5.74, 6) is 0.574. The van der Waals surface area contributed by atoms with Crippen LogP contribution < -0.4 is 0 Å². The van der Waals surface area contributed by atoms with Crippen LogP contribution in [0.3, 0.4) is 0 Å². The molecule has 2 heteroatoms. The summed E-state index contributed by atoms with van der Waals surface area (Å²) < 4.78 is 0. The van der Waals surface area contributed by atoms with Gasteiger partial charge in [0.15, 0.2) is 0 Å². The van der Waals surface area contributed by atoms with Crippen LogP contribution in [0.2, 0.25) is 0 Å². The van der Waals surface area contributed by atoms with E-state index in [2.05, 4.69) is 30.3 Å². The van der Waals surface area contributed by atoms with Crippen LogP contribution in [0.15, 0.2) is 29.4 Å². The molecule has 1 aliphatic rings. The second-order valence-corrected chi connectivity index (χ2v) is 3.41. The Bertz CT molecular complexity index is 344. The first-order valence-corrected chi connectivity index (χ1v) is 4.52. The lowest BCUT2D eigenvalue weighted by molar-refractivity contribution is 0.213. The first-order valence-electron chi connectivity index (χ1n) is 4.52. The Morgan fingerprint density at radius 3 is 2.92 bits per heavy atom. The second-order valence-electron chi connectivity index (χ2n) is 3.41. The van der Waals surface area contributed by atoms with Crippen molar-refractivity contribution in [2.45, 2.75) is 19.3 Å². The van der Waals surface area contributed by atoms with E-state index in [-0.39, 0.29) is 0 Å². The Morgan fingerprint density at radius 1 is 1.38 bits per heavy atom. The van der Waals surface area contributed by atoms with E-state index in [9.17, 15) is 0 Å². The number of oxime groups is 1. The maximum absolute atomic E-state index is 4.82. The van der Waals surface area contributed by atoms with E-state index in [0.717, 1.165) is 12.1 Å². The van der Waals surface area contributed by atoms with Gasteiger partial charge in [-0.25, -0.2) is 0 Å². The van der Waals surface area contributed by atoms with E-state index >= 15 is 0 Å². The van der Waals surface area contributed by atoms with Crippen LogP contribution in [0.25, 0.3) is 0 Å². The van der Waals surface area contributed by atoms with Crippen LogP contribution in [-0.2, 0) is 4.84 Å². The largest absolute Gasteiger partial charge is 0.399 e. The number of hydrogen-bond acceptors (Lipinski definition) is 2. The van der Waals surface area contributed by atoms with Crippen LogP contribution in [0.1, 0.15) is 30.4 Å². The molecule has 1 atom stereocenters. The standard InChI is InChI=1S/C11H13NO/c1-8-7-11(12-13-2)10-6-4-3-5-9(8)10/h3-6,8H,7H2,1-2H3/b12-11-. The lowest BCUT2D eigenvalue weighted by Gasteiger charge is -2.00. The van der Waals surface area contributed by atoms with Crippen molar-refractivity contribution in [1.82, 2.24) is 0 Å². The Labute approximate surface area is 78.2 Å². The molecule has 0 bridgehead atoms. The highest BCUT2D eigenvalue weighted by Gasteiger charge is 2.23. The van der Waals surface area contributed by atoms with Gasteiger partial charge in [-0.15, -0.1) is 0 Å². The normalized spacial score (nSPS) is 23.2. The molecule has 2 nitrogen and oxygen atoms in total. The SMILES string of the molecule is CO/N=C1/CC(C)c2ccccc21. The zero-order valence-corrected chi connectivity index (χ0v) is 7.95. The van der Waals surface area contributed by atoms with E-state index in [1.807, 2.05) is 6.07 Å². The van der Waals surface area contributed by atoms with Gasteiger partial charge < -0.3 is 4.84 Å². The summed E-state index contributed by atoms with van der Waals surface area (Å²) in [5, 5.41) is 4.03. The predicted molar refractivity (Wildman–Crippen MR) is 53.0 cm³/mol. The van der Waals surface area contributed by atoms with Crippen molar-refractivity contribution >= 4 is 5.71 Å². The van der Waals surface area contributed by atoms with E-state index in [1.54, 1.807) is 7.11 Å². The maximum atomic E-state index is 4.82. The van der Waals surface area contributed by atoms with Gasteiger partial charge in [0.05, 0.1) is 5.71 Å². The van der Waals surface area contributed by atoms with Crippen LogP contribution in [0.4, 0.5) is 0 Å². The van der Waals surface area contributed by atoms with Gasteiger partial charge in [0.2, 0.25) is 0 Å². The van der Waals surface area contributed by atoms with Gasteiger partial charge in [-0.3, -0.25) is 0 Å². The van der Waals surface area contributed by atoms with Crippen molar-refractivity contribution in [3.63, 3.8) is 0 Å². The summed E-state index contributed by atoms with van der Waals surface area (Å²) in [6.45, 7) is 2.22. The predicted octanol–water partition coefficient (Wildman–Crippen LogP) is 2.54. The molecule has 0 heterocycles. The van der Waals surface area contributed by atoms with E-state index in [1.165, 1.54) is 11.1 Å². The summed E-state index contributed by atoms with van der Waals surface area (Å²) in [7, 11) is 1.60. The third-order valence-electron chi connectivity index (χ3n) is 2.50. The summed E-state index contributed by atoms with van der Waals surface area (Å²) in [4.78, 5) is 4.82. The van der Waals surface area contributed by atoms with Crippen molar-refractivity contribution in [2.24, 2.45) is 5.16 Å². The number of fused-ring (bicyclic) bond motifs is 1. The van der Waals surface area contributed by atoms with Crippen molar-refractivity contribution in [3.8, 4) is 0 Å². The number of nitrogens with zero attached hydrogens (tertiary/aromatic N) is 1. The molecule has 13 heavy (non-hydrogen) atoms. The molecule has 0 aromatic heterocycles. The molecule has 68 valence electrons. The second kappa shape index (κ2) is 3.21. The summed E-state index contributed by atoms with van der Waals surface area (Å²) in [6, 6.07) is 8.39. The Balaban J connectivity index is 2.47. The number of benzene rings is 1. The Kier molecular flexibility index (Phi) is 2.05. The van der Waals surface area contributed by atoms with Gasteiger partial charge in [0.25, 0.3) is 0 Å². The lowest BCUT2D eigenvalue weighted by Crippen LogP contribution is -1.94. The van der Waals surface area contributed by atoms with Crippen LogP contribution in [-0.4, -0.2) is 12.8 Å². The Morgan fingerprint density at radius 2 is 2.15 bits per heavy atom. The van der Waals surface area contributed by atoms with E-state index < -0.39 is 0 Å². The summed E-state index contributed by atoms with van der Waals surface area (Å²) >= 11 is 0. The van der Waals surface area contributed by atoms with Gasteiger partial charge in [-0.1, -0.05) is 36.3 Å². The van der Waals surface area contributed by atoms with Crippen LogP contribution in [0, 0.1) is 0 Å². The minimum atomic E-state index is 0.574. The minimum absolute atomic E-state index is 0.574. The quantitative estimate of drug-likeness (QED) is 0.601. The van der Waals surface area contributed by atoms with Crippen molar-refractivity contribution < 1.29 is 4.84 Å². The Hall–Kier alpha value is -1.31. The van der Waals surface area contributed by atoms with Crippen molar-refractivity contribution in [1.29, 1.82) is 0 Å². The molecule has 1 aromatic carbocycles. The molecule has 0 spiro atoms. The maximum Gasteiger partial charge on any atom is 0.106 e. The van der Waals surface area contributed by atoms with Gasteiger partial charge in [0, 0.05) is 12.0 Å². The molecule has 0 radical (unpaired) electrons. The summed E-state index contributed by atoms with van der Waals surface area (Å²) in [5.41, 5.74) is 3.71. The highest BCUT2D eigenvalue weighted by molar-refractivity contribution is 6.04. The van der Waals surface area contributed by atoms with Gasteiger partial charge in [-0.05, 0) is 11.5 Å². The van der Waals surface area contributed by atoms with E-state index in [4.69, 9.17) is 4.84 Å². The molecule has 1 aromatic rings.